The molecule has 5 rings (SSSR count). The lowest BCUT2D eigenvalue weighted by atomic mass is 10.0. The van der Waals surface area contributed by atoms with Crippen LogP contribution in [-0.4, -0.2) is 16.5 Å². The van der Waals surface area contributed by atoms with Crippen LogP contribution in [0.25, 0.3) is 32.1 Å². The molecular weight excluding hydrogens is 406 g/mol. The maximum atomic E-state index is 13.5. The molecule has 0 aliphatic carbocycles. The van der Waals surface area contributed by atoms with E-state index in [4.69, 9.17) is 4.84 Å². The largest absolute Gasteiger partial charge is 0.337 e. The van der Waals surface area contributed by atoms with Crippen molar-refractivity contribution >= 4 is 44.1 Å². The van der Waals surface area contributed by atoms with E-state index in [1.807, 2.05) is 55.5 Å². The van der Waals surface area contributed by atoms with Gasteiger partial charge in [0.15, 0.2) is 0 Å². The summed E-state index contributed by atoms with van der Waals surface area (Å²) in [6, 6.07) is 23.9. The fourth-order valence-corrected chi connectivity index (χ4v) is 4.76. The van der Waals surface area contributed by atoms with Crippen molar-refractivity contribution in [3.63, 3.8) is 0 Å². The van der Waals surface area contributed by atoms with Gasteiger partial charge in [0.05, 0.1) is 22.2 Å². The van der Waals surface area contributed by atoms with Crippen molar-refractivity contribution in [3.05, 3.63) is 95.0 Å². The van der Waals surface area contributed by atoms with Gasteiger partial charge in [-0.15, -0.1) is 11.3 Å². The van der Waals surface area contributed by atoms with E-state index >= 15 is 0 Å². The summed E-state index contributed by atoms with van der Waals surface area (Å²) in [5, 5.41) is 1.79. The van der Waals surface area contributed by atoms with Crippen molar-refractivity contribution < 1.29 is 14.4 Å². The standard InChI is InChI=1S/C26H19NO3S/c1-16-7-9-18(10-8-16)19-11-12-23-21(13-19)22(15-27(23)30-17(2)28)26(29)25-14-20-5-3-4-6-24(20)31-25/h3-15H,1-2H3. The summed E-state index contributed by atoms with van der Waals surface area (Å²) in [7, 11) is 0. The molecule has 0 aliphatic rings. The van der Waals surface area contributed by atoms with E-state index in [2.05, 4.69) is 24.3 Å². The van der Waals surface area contributed by atoms with Crippen molar-refractivity contribution in [3.8, 4) is 11.1 Å². The van der Waals surface area contributed by atoms with Gasteiger partial charge in [-0.25, -0.2) is 4.79 Å². The summed E-state index contributed by atoms with van der Waals surface area (Å²) in [5.74, 6) is -0.529. The molecule has 0 fully saturated rings. The third-order valence-corrected chi connectivity index (χ3v) is 6.39. The average molecular weight is 426 g/mol. The molecule has 5 aromatic rings. The number of aryl methyl sites for hydroxylation is 1. The number of thiophene rings is 1. The van der Waals surface area contributed by atoms with E-state index in [1.54, 1.807) is 6.20 Å². The van der Waals surface area contributed by atoms with Crippen molar-refractivity contribution in [2.45, 2.75) is 13.8 Å². The first-order valence-electron chi connectivity index (χ1n) is 9.94. The number of fused-ring (bicyclic) bond motifs is 2. The van der Waals surface area contributed by atoms with Crippen LogP contribution in [0, 0.1) is 6.92 Å². The van der Waals surface area contributed by atoms with Crippen LogP contribution in [-0.2, 0) is 4.79 Å². The van der Waals surface area contributed by atoms with Crippen LogP contribution in [0.15, 0.2) is 79.0 Å². The quantitative estimate of drug-likeness (QED) is 0.330. The van der Waals surface area contributed by atoms with Gasteiger partial charge in [-0.3, -0.25) is 4.79 Å². The van der Waals surface area contributed by atoms with E-state index in [0.717, 1.165) is 26.6 Å². The monoisotopic (exact) mass is 425 g/mol. The molecule has 4 nitrogen and oxygen atoms in total. The Hall–Kier alpha value is -3.70. The first kappa shape index (κ1) is 19.3. The Bertz CT molecular complexity index is 1420. The van der Waals surface area contributed by atoms with Crippen LogP contribution in [0.1, 0.15) is 27.7 Å². The van der Waals surface area contributed by atoms with E-state index in [-0.39, 0.29) is 5.78 Å². The van der Waals surface area contributed by atoms with Gasteiger partial charge in [-0.1, -0.05) is 54.1 Å². The van der Waals surface area contributed by atoms with Gasteiger partial charge in [0, 0.05) is 17.0 Å². The van der Waals surface area contributed by atoms with Gasteiger partial charge in [-0.2, -0.15) is 4.73 Å². The zero-order valence-corrected chi connectivity index (χ0v) is 17.9. The van der Waals surface area contributed by atoms with Crippen LogP contribution < -0.4 is 4.84 Å². The highest BCUT2D eigenvalue weighted by Gasteiger charge is 2.20. The van der Waals surface area contributed by atoms with Gasteiger partial charge >= 0.3 is 5.97 Å². The normalized spacial score (nSPS) is 11.2. The average Bonchev–Trinajstić information content (AvgIpc) is 3.35. The second-order valence-electron chi connectivity index (χ2n) is 7.53. The van der Waals surface area contributed by atoms with Gasteiger partial charge in [0.1, 0.15) is 0 Å². The summed E-state index contributed by atoms with van der Waals surface area (Å²) in [5.41, 5.74) is 4.44. The molecule has 0 spiro atoms. The van der Waals surface area contributed by atoms with Gasteiger partial charge < -0.3 is 4.84 Å². The molecule has 3 aromatic carbocycles. The highest BCUT2D eigenvalue weighted by Crippen LogP contribution is 2.32. The highest BCUT2D eigenvalue weighted by molar-refractivity contribution is 7.21. The SMILES string of the molecule is CC(=O)On1cc(C(=O)c2cc3ccccc3s2)c2cc(-c3ccc(C)cc3)ccc21. The fraction of sp³-hybridized carbons (Fsp3) is 0.0769. The van der Waals surface area contributed by atoms with E-state index in [9.17, 15) is 9.59 Å². The zero-order valence-electron chi connectivity index (χ0n) is 17.1. The summed E-state index contributed by atoms with van der Waals surface area (Å²) < 4.78 is 2.45. The molecule has 31 heavy (non-hydrogen) atoms. The maximum absolute atomic E-state index is 13.5. The minimum Gasteiger partial charge on any atom is -0.337 e. The van der Waals surface area contributed by atoms with Crippen LogP contribution in [0.2, 0.25) is 0 Å². The summed E-state index contributed by atoms with van der Waals surface area (Å²) in [6.45, 7) is 3.40. The van der Waals surface area contributed by atoms with Gasteiger partial charge in [0.2, 0.25) is 5.78 Å². The number of carbonyl (C=O) groups excluding carboxylic acids is 2. The molecule has 5 heteroatoms. The molecule has 0 N–H and O–H groups in total. The number of aromatic nitrogens is 1. The topological polar surface area (TPSA) is 48.3 Å². The van der Waals surface area contributed by atoms with Crippen LogP contribution >= 0.6 is 11.3 Å². The van der Waals surface area contributed by atoms with Crippen LogP contribution in [0.4, 0.5) is 0 Å². The molecule has 0 atom stereocenters. The Morgan fingerprint density at radius 3 is 2.39 bits per heavy atom. The third kappa shape index (κ3) is 3.53. The lowest BCUT2D eigenvalue weighted by Crippen LogP contribution is -2.15. The maximum Gasteiger partial charge on any atom is 0.329 e. The summed E-state index contributed by atoms with van der Waals surface area (Å²) in [4.78, 5) is 31.1. The molecule has 0 radical (unpaired) electrons. The molecule has 152 valence electrons. The predicted molar refractivity (Wildman–Crippen MR) is 125 cm³/mol. The molecular formula is C26H19NO3S. The van der Waals surface area contributed by atoms with Gasteiger partial charge in [-0.05, 0) is 47.7 Å². The lowest BCUT2D eigenvalue weighted by Gasteiger charge is -2.06. The first-order chi connectivity index (χ1) is 15.0. The first-order valence-corrected chi connectivity index (χ1v) is 10.8. The highest BCUT2D eigenvalue weighted by atomic mass is 32.1. The number of hydrogen-bond acceptors (Lipinski definition) is 4. The number of benzene rings is 3. The molecule has 0 bridgehead atoms. The molecule has 0 saturated heterocycles. The number of nitrogens with zero attached hydrogens (tertiary/aromatic N) is 1. The Labute approximate surface area is 183 Å². The van der Waals surface area contributed by atoms with Crippen molar-refractivity contribution in [2.24, 2.45) is 0 Å². The van der Waals surface area contributed by atoms with Crippen LogP contribution in [0.3, 0.4) is 0 Å². The van der Waals surface area contributed by atoms with Crippen LogP contribution in [0.5, 0.6) is 0 Å². The van der Waals surface area contributed by atoms with Crippen molar-refractivity contribution in [1.29, 1.82) is 0 Å². The Morgan fingerprint density at radius 1 is 0.903 bits per heavy atom. The van der Waals surface area contributed by atoms with E-state index in [0.29, 0.717) is 16.0 Å². The number of hydrogen-bond donors (Lipinski definition) is 0. The number of rotatable bonds is 4. The van der Waals surface area contributed by atoms with Crippen molar-refractivity contribution in [1.82, 2.24) is 4.73 Å². The molecule has 0 unspecified atom stereocenters. The summed E-state index contributed by atoms with van der Waals surface area (Å²) >= 11 is 1.47. The Kier molecular flexibility index (Phi) is 4.68. The fourth-order valence-electron chi connectivity index (χ4n) is 3.75. The second-order valence-corrected chi connectivity index (χ2v) is 8.61. The zero-order chi connectivity index (χ0) is 21.5. The third-order valence-electron chi connectivity index (χ3n) is 5.28. The van der Waals surface area contributed by atoms with E-state index < -0.39 is 5.97 Å². The molecule has 0 aliphatic heterocycles. The minimum atomic E-state index is -0.444. The molecule has 2 aromatic heterocycles. The number of ketones is 1. The second kappa shape index (κ2) is 7.52. The predicted octanol–water partition coefficient (Wildman–Crippen LogP) is 6.04. The van der Waals surface area contributed by atoms with E-state index in [1.165, 1.54) is 28.6 Å². The summed E-state index contributed by atoms with van der Waals surface area (Å²) in [6.07, 6.45) is 1.61. The Morgan fingerprint density at radius 2 is 1.65 bits per heavy atom. The Balaban J connectivity index is 1.67. The van der Waals surface area contributed by atoms with Gasteiger partial charge in [0.25, 0.3) is 0 Å². The lowest BCUT2D eigenvalue weighted by molar-refractivity contribution is -0.140. The molecule has 2 heterocycles. The smallest absolute Gasteiger partial charge is 0.329 e. The number of carbonyl (C=O) groups is 2. The minimum absolute atomic E-state index is 0.0850. The molecule has 0 saturated carbocycles. The molecule has 0 amide bonds. The van der Waals surface area contributed by atoms with Crippen molar-refractivity contribution in [2.75, 3.05) is 0 Å².